The monoisotopic (exact) mass is 240 g/mol. The van der Waals surface area contributed by atoms with Gasteiger partial charge in [-0.25, -0.2) is 4.79 Å². The number of likely N-dealkylation sites (tertiary alicyclic amines) is 1. The smallest absolute Gasteiger partial charge is 0.317 e. The quantitative estimate of drug-likeness (QED) is 0.473. The average Bonchev–Trinajstić information content (AvgIpc) is 2.82. The fourth-order valence-corrected chi connectivity index (χ4v) is 2.31. The first kappa shape index (κ1) is 12.2. The third-order valence-electron chi connectivity index (χ3n) is 3.48. The molecule has 2 fully saturated rings. The van der Waals surface area contributed by atoms with E-state index in [0.717, 1.165) is 25.9 Å². The van der Waals surface area contributed by atoms with Crippen LogP contribution in [0, 0.1) is 11.3 Å². The van der Waals surface area contributed by atoms with Gasteiger partial charge in [-0.2, -0.15) is 0 Å². The molecule has 2 aliphatic rings. The highest BCUT2D eigenvalue weighted by Crippen LogP contribution is 2.17. The minimum Gasteiger partial charge on any atom is -0.387 e. The molecule has 2 rings (SSSR count). The largest absolute Gasteiger partial charge is 0.387 e. The zero-order valence-corrected chi connectivity index (χ0v) is 9.95. The highest BCUT2D eigenvalue weighted by atomic mass is 16.5. The van der Waals surface area contributed by atoms with Crippen LogP contribution in [0.2, 0.25) is 0 Å². The molecule has 0 bridgehead atoms. The molecule has 96 valence electrons. The highest BCUT2D eigenvalue weighted by Gasteiger charge is 2.26. The fourth-order valence-electron chi connectivity index (χ4n) is 2.31. The first-order valence-corrected chi connectivity index (χ1v) is 6.14. The fraction of sp³-hybridized carbons (Fsp3) is 0.818. The molecule has 2 saturated heterocycles. The SMILES string of the molecule is N=C(N)C1CCN(C(=O)NC2CCOC2)CC1. The van der Waals surface area contributed by atoms with E-state index < -0.39 is 0 Å². The number of urea groups is 1. The van der Waals surface area contributed by atoms with E-state index in [4.69, 9.17) is 15.9 Å². The summed E-state index contributed by atoms with van der Waals surface area (Å²) in [6, 6.07) is 0.149. The molecule has 4 N–H and O–H groups in total. The average molecular weight is 240 g/mol. The van der Waals surface area contributed by atoms with Crippen molar-refractivity contribution in [3.8, 4) is 0 Å². The summed E-state index contributed by atoms with van der Waals surface area (Å²) in [5.41, 5.74) is 5.47. The van der Waals surface area contributed by atoms with Crippen LogP contribution in [-0.4, -0.2) is 49.1 Å². The van der Waals surface area contributed by atoms with Crippen LogP contribution in [0.4, 0.5) is 4.79 Å². The van der Waals surface area contributed by atoms with Crippen LogP contribution in [0.5, 0.6) is 0 Å². The number of ether oxygens (including phenoxy) is 1. The van der Waals surface area contributed by atoms with Crippen LogP contribution in [0.3, 0.4) is 0 Å². The molecule has 6 nitrogen and oxygen atoms in total. The lowest BCUT2D eigenvalue weighted by Gasteiger charge is -2.32. The van der Waals surface area contributed by atoms with Gasteiger partial charge in [0.15, 0.2) is 0 Å². The predicted molar refractivity (Wildman–Crippen MR) is 64.0 cm³/mol. The molecule has 2 amide bonds. The van der Waals surface area contributed by atoms with Crippen LogP contribution in [-0.2, 0) is 4.74 Å². The molecule has 0 saturated carbocycles. The number of amides is 2. The number of carbonyl (C=O) groups is 1. The Morgan fingerprint density at radius 1 is 1.35 bits per heavy atom. The minimum atomic E-state index is -0.0116. The van der Waals surface area contributed by atoms with Gasteiger partial charge in [0.1, 0.15) is 0 Å². The molecular weight excluding hydrogens is 220 g/mol. The van der Waals surface area contributed by atoms with Gasteiger partial charge < -0.3 is 20.7 Å². The normalized spacial score (nSPS) is 25.9. The summed E-state index contributed by atoms with van der Waals surface area (Å²) in [6.07, 6.45) is 2.49. The first-order valence-electron chi connectivity index (χ1n) is 6.14. The maximum absolute atomic E-state index is 11.9. The minimum absolute atomic E-state index is 0.0116. The standard InChI is InChI=1S/C11H20N4O2/c12-10(13)8-1-4-15(5-2-8)11(16)14-9-3-6-17-7-9/h8-9H,1-7H2,(H3,12,13)(H,14,16). The Kier molecular flexibility index (Phi) is 3.83. The second kappa shape index (κ2) is 5.35. The molecule has 1 unspecified atom stereocenters. The van der Waals surface area contributed by atoms with Gasteiger partial charge in [-0.3, -0.25) is 5.41 Å². The molecule has 2 heterocycles. The van der Waals surface area contributed by atoms with Gasteiger partial charge in [0.25, 0.3) is 0 Å². The summed E-state index contributed by atoms with van der Waals surface area (Å²) < 4.78 is 5.22. The van der Waals surface area contributed by atoms with E-state index >= 15 is 0 Å². The van der Waals surface area contributed by atoms with E-state index in [9.17, 15) is 4.79 Å². The summed E-state index contributed by atoms with van der Waals surface area (Å²) in [7, 11) is 0. The topological polar surface area (TPSA) is 91.4 Å². The van der Waals surface area contributed by atoms with Crippen molar-refractivity contribution in [3.63, 3.8) is 0 Å². The lowest BCUT2D eigenvalue weighted by atomic mass is 9.96. The maximum Gasteiger partial charge on any atom is 0.317 e. The lowest BCUT2D eigenvalue weighted by molar-refractivity contribution is 0.168. The molecule has 0 aromatic carbocycles. The number of rotatable bonds is 2. The van der Waals surface area contributed by atoms with Gasteiger partial charge in [-0.1, -0.05) is 0 Å². The summed E-state index contributed by atoms with van der Waals surface area (Å²) in [5, 5.41) is 10.4. The number of nitrogens with one attached hydrogen (secondary N) is 2. The van der Waals surface area contributed by atoms with Crippen molar-refractivity contribution in [2.75, 3.05) is 26.3 Å². The summed E-state index contributed by atoms with van der Waals surface area (Å²) in [6.45, 7) is 2.72. The van der Waals surface area contributed by atoms with E-state index in [1.165, 1.54) is 0 Å². The van der Waals surface area contributed by atoms with Gasteiger partial charge in [0.05, 0.1) is 18.5 Å². The van der Waals surface area contributed by atoms with Crippen molar-refractivity contribution in [1.82, 2.24) is 10.2 Å². The number of hydrogen-bond acceptors (Lipinski definition) is 3. The summed E-state index contributed by atoms with van der Waals surface area (Å²) in [4.78, 5) is 13.7. The molecular formula is C11H20N4O2. The van der Waals surface area contributed by atoms with Crippen molar-refractivity contribution in [1.29, 1.82) is 5.41 Å². The van der Waals surface area contributed by atoms with Gasteiger partial charge in [0, 0.05) is 25.6 Å². The van der Waals surface area contributed by atoms with E-state index in [1.807, 2.05) is 0 Å². The van der Waals surface area contributed by atoms with Crippen LogP contribution in [0.15, 0.2) is 0 Å². The van der Waals surface area contributed by atoms with Gasteiger partial charge in [0.2, 0.25) is 0 Å². The third kappa shape index (κ3) is 3.09. The number of hydrogen-bond donors (Lipinski definition) is 3. The molecule has 0 radical (unpaired) electrons. The molecule has 17 heavy (non-hydrogen) atoms. The zero-order chi connectivity index (χ0) is 12.3. The van der Waals surface area contributed by atoms with Gasteiger partial charge in [-0.15, -0.1) is 0 Å². The van der Waals surface area contributed by atoms with Crippen LogP contribution in [0.1, 0.15) is 19.3 Å². The summed E-state index contributed by atoms with van der Waals surface area (Å²) in [5.74, 6) is 0.392. The van der Waals surface area contributed by atoms with Crippen molar-refractivity contribution in [3.05, 3.63) is 0 Å². The lowest BCUT2D eigenvalue weighted by Crippen LogP contribution is -2.49. The Morgan fingerprint density at radius 3 is 2.59 bits per heavy atom. The third-order valence-corrected chi connectivity index (χ3v) is 3.48. The molecule has 2 aliphatic heterocycles. The van der Waals surface area contributed by atoms with E-state index in [2.05, 4.69) is 5.32 Å². The first-order chi connectivity index (χ1) is 8.16. The maximum atomic E-state index is 11.9. The number of amidine groups is 1. The Balaban J connectivity index is 1.75. The van der Waals surface area contributed by atoms with Gasteiger partial charge >= 0.3 is 6.03 Å². The second-order valence-electron chi connectivity index (χ2n) is 4.73. The second-order valence-corrected chi connectivity index (χ2v) is 4.73. The molecule has 0 aliphatic carbocycles. The molecule has 0 aromatic heterocycles. The Morgan fingerprint density at radius 2 is 2.06 bits per heavy atom. The Bertz CT molecular complexity index is 294. The van der Waals surface area contributed by atoms with E-state index in [1.54, 1.807) is 4.90 Å². The molecule has 0 aromatic rings. The van der Waals surface area contributed by atoms with Crippen LogP contribution < -0.4 is 11.1 Å². The number of nitrogens with zero attached hydrogens (tertiary/aromatic N) is 1. The highest BCUT2D eigenvalue weighted by molar-refractivity contribution is 5.80. The molecule has 1 atom stereocenters. The van der Waals surface area contributed by atoms with Gasteiger partial charge in [-0.05, 0) is 19.3 Å². The van der Waals surface area contributed by atoms with Crippen LogP contribution >= 0.6 is 0 Å². The van der Waals surface area contributed by atoms with Crippen molar-refractivity contribution < 1.29 is 9.53 Å². The van der Waals surface area contributed by atoms with Crippen molar-refractivity contribution >= 4 is 11.9 Å². The van der Waals surface area contributed by atoms with Crippen molar-refractivity contribution in [2.45, 2.75) is 25.3 Å². The summed E-state index contributed by atoms with van der Waals surface area (Å²) >= 11 is 0. The van der Waals surface area contributed by atoms with Crippen molar-refractivity contribution in [2.24, 2.45) is 11.7 Å². The van der Waals surface area contributed by atoms with E-state index in [0.29, 0.717) is 19.7 Å². The predicted octanol–water partition coefficient (Wildman–Crippen LogP) is 0.133. The number of carbonyl (C=O) groups excluding carboxylic acids is 1. The Hall–Kier alpha value is -1.30. The van der Waals surface area contributed by atoms with E-state index in [-0.39, 0.29) is 23.8 Å². The Labute approximate surface area is 101 Å². The number of piperidine rings is 1. The zero-order valence-electron chi connectivity index (χ0n) is 9.95. The molecule has 6 heteroatoms. The molecule has 0 spiro atoms. The number of nitrogens with two attached hydrogens (primary N) is 1. The van der Waals surface area contributed by atoms with Crippen LogP contribution in [0.25, 0.3) is 0 Å².